The number of nitrogens with one attached hydrogen (secondary N) is 1. The number of methoxy groups -OCH3 is 3. The number of nitrogens with zero attached hydrogens (tertiary/aromatic N) is 7. The van der Waals surface area contributed by atoms with Crippen molar-refractivity contribution < 1.29 is 42.3 Å². The molecule has 1 aliphatic heterocycles. The number of imidazole rings is 1. The minimum atomic E-state index is -1.88. The number of rotatable bonds is 22. The molecule has 1 aliphatic rings. The number of carbonyl (C=O) groups is 2. The summed E-state index contributed by atoms with van der Waals surface area (Å²) in [7, 11) is 2.90. The number of carbonyl (C=O) groups excluding carboxylic acids is 2. The summed E-state index contributed by atoms with van der Waals surface area (Å²) in [5, 5.41) is 12.1. The van der Waals surface area contributed by atoms with Crippen molar-refractivity contribution in [2.45, 2.75) is 76.3 Å². The molecule has 18 nitrogen and oxygen atoms in total. The zero-order chi connectivity index (χ0) is 52.4. The van der Waals surface area contributed by atoms with Crippen molar-refractivity contribution in [1.29, 1.82) is 5.26 Å². The number of aromatic nitrogens is 4. The molecular formula is C55H60N9O9P. The van der Waals surface area contributed by atoms with Crippen LogP contribution in [0, 0.1) is 11.3 Å². The van der Waals surface area contributed by atoms with E-state index in [4.69, 9.17) is 48.4 Å². The lowest BCUT2D eigenvalue weighted by Gasteiger charge is -2.39. The van der Waals surface area contributed by atoms with Crippen LogP contribution in [-0.2, 0) is 28.9 Å². The quantitative estimate of drug-likeness (QED) is 0.0368. The minimum Gasteiger partial charge on any atom is -0.497 e. The average Bonchev–Trinajstić information content (AvgIpc) is 4.00. The van der Waals surface area contributed by atoms with Gasteiger partial charge >= 0.3 is 6.03 Å². The van der Waals surface area contributed by atoms with E-state index in [0.29, 0.717) is 22.9 Å². The standard InChI is InChI=1S/C55H60N9O9P/c1-36(2)64(37(3)4)74(71-33-17-32-56)73-48-45(34-70-55(38-18-11-8-12-19-38,39-24-28-43(67-5)29-25-39)40-26-30-44(68-6)31-27-40)72-52(49(48)69-7)62-35-58-46-47(59-54(60-50(46)62)61-53(57)66)51(65)63(41-20-13-9-14-21-41)42-22-15-10-16-23-42/h8-16,18-31,35-37,45,48-49,52H,17,33-34H2,1-7H3,(H3,57,59,60,61,66)/t45-,48-,49-,52-,74?/m1/s1. The summed E-state index contributed by atoms with van der Waals surface area (Å²) < 4.78 is 49.7. The first-order valence-electron chi connectivity index (χ1n) is 24.1. The van der Waals surface area contributed by atoms with Crippen LogP contribution in [0.2, 0.25) is 0 Å². The predicted octanol–water partition coefficient (Wildman–Crippen LogP) is 9.89. The van der Waals surface area contributed by atoms with E-state index in [1.165, 1.54) is 11.2 Å². The molecule has 0 saturated carbocycles. The van der Waals surface area contributed by atoms with Gasteiger partial charge < -0.3 is 38.5 Å². The van der Waals surface area contributed by atoms with Gasteiger partial charge in [0.2, 0.25) is 5.95 Å². The molecular weight excluding hydrogens is 962 g/mol. The monoisotopic (exact) mass is 1020 g/mol. The number of primary amides is 1. The number of benzene rings is 5. The average molecular weight is 1020 g/mol. The topological polar surface area (TPSA) is 211 Å². The zero-order valence-corrected chi connectivity index (χ0v) is 43.2. The summed E-state index contributed by atoms with van der Waals surface area (Å²) in [4.78, 5) is 43.1. The molecule has 1 saturated heterocycles. The van der Waals surface area contributed by atoms with Crippen molar-refractivity contribution in [2.24, 2.45) is 5.73 Å². The van der Waals surface area contributed by atoms with Gasteiger partial charge in [0.15, 0.2) is 17.6 Å². The number of fused-ring (bicyclic) bond motifs is 1. The molecule has 1 fully saturated rings. The van der Waals surface area contributed by atoms with Crippen LogP contribution in [0.1, 0.15) is 67.5 Å². The second-order valence-corrected chi connectivity index (χ2v) is 19.1. The third-order valence-electron chi connectivity index (χ3n) is 12.4. The maximum Gasteiger partial charge on any atom is 0.319 e. The Labute approximate surface area is 431 Å². The normalized spacial score (nSPS) is 17.1. The third kappa shape index (κ3) is 11.2. The Morgan fingerprint density at radius 3 is 1.82 bits per heavy atom. The lowest BCUT2D eigenvalue weighted by molar-refractivity contribution is -0.0938. The number of nitrogens with two attached hydrogens (primary N) is 1. The van der Waals surface area contributed by atoms with Crippen molar-refractivity contribution in [3.8, 4) is 17.6 Å². The van der Waals surface area contributed by atoms with Crippen LogP contribution in [0.15, 0.2) is 146 Å². The van der Waals surface area contributed by atoms with Gasteiger partial charge in [0, 0.05) is 30.6 Å². The molecule has 74 heavy (non-hydrogen) atoms. The van der Waals surface area contributed by atoms with E-state index in [1.807, 2.05) is 115 Å². The molecule has 3 heterocycles. The van der Waals surface area contributed by atoms with E-state index in [2.05, 4.69) is 48.7 Å². The number of hydrogen-bond donors (Lipinski definition) is 2. The van der Waals surface area contributed by atoms with Crippen molar-refractivity contribution >= 4 is 49.0 Å². The predicted molar refractivity (Wildman–Crippen MR) is 281 cm³/mol. The summed E-state index contributed by atoms with van der Waals surface area (Å²) in [6.45, 7) is 8.23. The van der Waals surface area contributed by atoms with Gasteiger partial charge in [-0.3, -0.25) is 19.6 Å². The first-order chi connectivity index (χ1) is 35.9. The highest BCUT2D eigenvalue weighted by Gasteiger charge is 2.51. The Balaban J connectivity index is 1.28. The maximum atomic E-state index is 15.1. The molecule has 0 radical (unpaired) electrons. The van der Waals surface area contributed by atoms with Crippen LogP contribution in [0.4, 0.5) is 22.1 Å². The van der Waals surface area contributed by atoms with E-state index in [1.54, 1.807) is 50.2 Å². The fraction of sp³-hybridized carbons (Fsp3) is 0.309. The van der Waals surface area contributed by atoms with E-state index in [-0.39, 0.29) is 54.5 Å². The second kappa shape index (κ2) is 24.1. The molecule has 5 aromatic carbocycles. The molecule has 0 aliphatic carbocycles. The highest BCUT2D eigenvalue weighted by molar-refractivity contribution is 7.44. The number of urea groups is 1. The van der Waals surface area contributed by atoms with Crippen LogP contribution >= 0.6 is 8.53 Å². The van der Waals surface area contributed by atoms with Crippen LogP contribution in [-0.4, -0.2) is 101 Å². The smallest absolute Gasteiger partial charge is 0.319 e. The Morgan fingerprint density at radius 1 is 0.784 bits per heavy atom. The number of anilines is 3. The summed E-state index contributed by atoms with van der Waals surface area (Å²) in [5.74, 6) is 0.516. The molecule has 0 bridgehead atoms. The number of nitriles is 1. The van der Waals surface area contributed by atoms with Gasteiger partial charge in [-0.2, -0.15) is 10.2 Å². The first-order valence-corrected chi connectivity index (χ1v) is 25.2. The number of ether oxygens (including phenoxy) is 5. The second-order valence-electron chi connectivity index (χ2n) is 17.7. The summed E-state index contributed by atoms with van der Waals surface area (Å²) in [6, 6.07) is 44.7. The van der Waals surface area contributed by atoms with Crippen LogP contribution in [0.5, 0.6) is 11.5 Å². The van der Waals surface area contributed by atoms with Crippen molar-refractivity contribution in [3.05, 3.63) is 168 Å². The van der Waals surface area contributed by atoms with E-state index < -0.39 is 50.6 Å². The fourth-order valence-electron chi connectivity index (χ4n) is 9.19. The van der Waals surface area contributed by atoms with Crippen LogP contribution < -0.4 is 25.4 Å². The Kier molecular flexibility index (Phi) is 17.3. The number of para-hydroxylation sites is 2. The summed E-state index contributed by atoms with van der Waals surface area (Å²) in [5.41, 5.74) is 8.03. The lowest BCUT2D eigenvalue weighted by atomic mass is 9.80. The molecule has 384 valence electrons. The van der Waals surface area contributed by atoms with Gasteiger partial charge in [0.1, 0.15) is 40.9 Å². The van der Waals surface area contributed by atoms with E-state index in [0.717, 1.165) is 16.7 Å². The third-order valence-corrected chi connectivity index (χ3v) is 14.6. The molecule has 2 aromatic heterocycles. The molecule has 19 heteroatoms. The molecule has 3 N–H and O–H groups in total. The molecule has 7 aromatic rings. The van der Waals surface area contributed by atoms with E-state index in [9.17, 15) is 10.1 Å². The molecule has 0 spiro atoms. The van der Waals surface area contributed by atoms with E-state index >= 15 is 4.79 Å². The van der Waals surface area contributed by atoms with Crippen LogP contribution in [0.25, 0.3) is 11.2 Å². The SMILES string of the molecule is COc1ccc(C(OC[C@H]2O[C@@H](n3cnc4c(C(=O)N(c5ccccc5)c5ccccc5)nc(NC(N)=O)nc43)[C@H](OC)[C@@H]2OP(OCCC#N)N(C(C)C)C(C)C)(c2ccccc2)c2ccc(OC)cc2)cc1. The van der Waals surface area contributed by atoms with Gasteiger partial charge in [-0.1, -0.05) is 91.0 Å². The summed E-state index contributed by atoms with van der Waals surface area (Å²) >= 11 is 0. The van der Waals surface area contributed by atoms with Gasteiger partial charge in [-0.05, 0) is 92.9 Å². The van der Waals surface area contributed by atoms with Crippen molar-refractivity contribution in [2.75, 3.05) is 44.8 Å². The Bertz CT molecular complexity index is 2900. The Hall–Kier alpha value is -7.33. The highest BCUT2D eigenvalue weighted by Crippen LogP contribution is 2.51. The van der Waals surface area contributed by atoms with Gasteiger partial charge in [0.05, 0.1) is 46.3 Å². The zero-order valence-electron chi connectivity index (χ0n) is 42.3. The molecule has 3 amide bonds. The molecule has 8 rings (SSSR count). The fourth-order valence-corrected chi connectivity index (χ4v) is 11.0. The maximum absolute atomic E-state index is 15.1. The summed E-state index contributed by atoms with van der Waals surface area (Å²) in [6.07, 6.45) is -2.20. The van der Waals surface area contributed by atoms with Crippen LogP contribution in [0.3, 0.4) is 0 Å². The number of hydrogen-bond acceptors (Lipinski definition) is 14. The molecule has 1 unspecified atom stereocenters. The lowest BCUT2D eigenvalue weighted by Crippen LogP contribution is -2.42. The molecule has 5 atom stereocenters. The largest absolute Gasteiger partial charge is 0.497 e. The van der Waals surface area contributed by atoms with Crippen molar-refractivity contribution in [3.63, 3.8) is 0 Å². The number of amides is 3. The van der Waals surface area contributed by atoms with Gasteiger partial charge in [-0.25, -0.2) is 19.4 Å². The Morgan fingerprint density at radius 2 is 1.32 bits per heavy atom. The van der Waals surface area contributed by atoms with Gasteiger partial charge in [0.25, 0.3) is 14.4 Å². The first kappa shape index (κ1) is 53.0. The minimum absolute atomic E-state index is 0.0411. The highest BCUT2D eigenvalue weighted by atomic mass is 31.2. The van der Waals surface area contributed by atoms with Crippen molar-refractivity contribution in [1.82, 2.24) is 24.2 Å². The van der Waals surface area contributed by atoms with Gasteiger partial charge in [-0.15, -0.1) is 0 Å².